The summed E-state index contributed by atoms with van der Waals surface area (Å²) in [7, 11) is 0. The van der Waals surface area contributed by atoms with Gasteiger partial charge in [0, 0.05) is 5.75 Å². The number of aliphatic hydroxyl groups is 1. The van der Waals surface area contributed by atoms with E-state index >= 15 is 0 Å². The van der Waals surface area contributed by atoms with Gasteiger partial charge in [-0.3, -0.25) is 4.21 Å². The molecule has 0 spiro atoms. The fraction of sp³-hybridized carbons (Fsp3) is 0.333. The molecule has 2 unspecified atom stereocenters. The summed E-state index contributed by atoms with van der Waals surface area (Å²) in [6.45, 7) is 0. The van der Waals surface area contributed by atoms with Crippen molar-refractivity contribution < 1.29 is 13.9 Å². The SMILES string of the molecule is O=S([O-])CC1=CC=CC(O)C2=C1C2. The Morgan fingerprint density at radius 3 is 3.15 bits per heavy atom. The third kappa shape index (κ3) is 1.80. The van der Waals surface area contributed by atoms with Gasteiger partial charge in [-0.1, -0.05) is 29.3 Å². The predicted octanol–water partition coefficient (Wildman–Crippen LogP) is 0.423. The van der Waals surface area contributed by atoms with Crippen molar-refractivity contribution in [2.24, 2.45) is 0 Å². The lowest BCUT2D eigenvalue weighted by atomic mass is 10.2. The summed E-state index contributed by atoms with van der Waals surface area (Å²) in [4.78, 5) is 0. The van der Waals surface area contributed by atoms with Crippen LogP contribution in [0.3, 0.4) is 0 Å². The molecule has 3 nitrogen and oxygen atoms in total. The van der Waals surface area contributed by atoms with E-state index in [9.17, 15) is 13.9 Å². The Morgan fingerprint density at radius 1 is 1.69 bits per heavy atom. The lowest BCUT2D eigenvalue weighted by Crippen LogP contribution is -1.98. The zero-order valence-corrected chi connectivity index (χ0v) is 7.71. The first-order valence-corrected chi connectivity index (χ1v) is 5.26. The molecule has 0 fully saturated rings. The summed E-state index contributed by atoms with van der Waals surface area (Å²) in [5.74, 6) is 0.0515. The van der Waals surface area contributed by atoms with Crippen LogP contribution in [0.5, 0.6) is 0 Å². The molecule has 1 N–H and O–H groups in total. The highest BCUT2D eigenvalue weighted by Gasteiger charge is 2.29. The van der Waals surface area contributed by atoms with Gasteiger partial charge in [0.2, 0.25) is 0 Å². The molecule has 2 aliphatic carbocycles. The van der Waals surface area contributed by atoms with E-state index in [-0.39, 0.29) is 5.75 Å². The predicted molar refractivity (Wildman–Crippen MR) is 48.7 cm³/mol. The Balaban J connectivity index is 2.21. The first-order valence-electron chi connectivity index (χ1n) is 4.02. The zero-order chi connectivity index (χ0) is 9.42. The number of allylic oxidation sites excluding steroid dienone is 3. The van der Waals surface area contributed by atoms with Gasteiger partial charge in [0.05, 0.1) is 6.10 Å². The topological polar surface area (TPSA) is 60.4 Å². The minimum Gasteiger partial charge on any atom is -0.772 e. The summed E-state index contributed by atoms with van der Waals surface area (Å²) in [5.41, 5.74) is 2.79. The van der Waals surface area contributed by atoms with Crippen LogP contribution in [0.25, 0.3) is 0 Å². The zero-order valence-electron chi connectivity index (χ0n) is 6.90. The van der Waals surface area contributed by atoms with Gasteiger partial charge in [0.1, 0.15) is 0 Å². The molecule has 0 heterocycles. The van der Waals surface area contributed by atoms with Crippen LogP contribution < -0.4 is 0 Å². The first kappa shape index (κ1) is 8.87. The van der Waals surface area contributed by atoms with Gasteiger partial charge in [-0.05, 0) is 23.1 Å². The summed E-state index contributed by atoms with van der Waals surface area (Å²) in [5, 5.41) is 9.42. The van der Waals surface area contributed by atoms with Crippen LogP contribution in [0.15, 0.2) is 34.9 Å². The second-order valence-corrected chi connectivity index (χ2v) is 4.05. The first-order chi connectivity index (χ1) is 6.18. The molecule has 0 aromatic rings. The summed E-state index contributed by atoms with van der Waals surface area (Å²) in [6, 6.07) is 0. The Labute approximate surface area is 78.8 Å². The van der Waals surface area contributed by atoms with Crippen LogP contribution in [0.1, 0.15) is 6.42 Å². The van der Waals surface area contributed by atoms with Crippen LogP contribution in [0.2, 0.25) is 0 Å². The van der Waals surface area contributed by atoms with Crippen molar-refractivity contribution in [2.75, 3.05) is 5.75 Å². The normalized spacial score (nSPS) is 27.8. The van der Waals surface area contributed by atoms with E-state index in [0.717, 1.165) is 23.1 Å². The van der Waals surface area contributed by atoms with E-state index in [1.54, 1.807) is 18.2 Å². The lowest BCUT2D eigenvalue weighted by molar-refractivity contribution is 0.264. The monoisotopic (exact) mass is 197 g/mol. The van der Waals surface area contributed by atoms with Gasteiger partial charge in [-0.25, -0.2) is 0 Å². The molecular weight excluding hydrogens is 188 g/mol. The standard InChI is InChI=1S/C9H10O3S/c10-9-3-1-2-6(5-13(11)12)7-4-8(7)9/h1-3,9-10H,4-5H2,(H,11,12)/p-1. The highest BCUT2D eigenvalue weighted by atomic mass is 32.2. The average molecular weight is 197 g/mol. The quantitative estimate of drug-likeness (QED) is 0.653. The highest BCUT2D eigenvalue weighted by molar-refractivity contribution is 7.79. The average Bonchev–Trinajstić information content (AvgIpc) is 2.78. The van der Waals surface area contributed by atoms with Crippen molar-refractivity contribution in [2.45, 2.75) is 12.5 Å². The molecule has 0 radical (unpaired) electrons. The van der Waals surface area contributed by atoms with Gasteiger partial charge in [0.25, 0.3) is 0 Å². The molecule has 13 heavy (non-hydrogen) atoms. The van der Waals surface area contributed by atoms with E-state index in [1.165, 1.54) is 0 Å². The fourth-order valence-corrected chi connectivity index (χ4v) is 2.03. The second-order valence-electron chi connectivity index (χ2n) is 3.15. The van der Waals surface area contributed by atoms with Gasteiger partial charge in [0.15, 0.2) is 0 Å². The van der Waals surface area contributed by atoms with Crippen LogP contribution in [-0.4, -0.2) is 25.7 Å². The molecule has 70 valence electrons. The minimum atomic E-state index is -2.04. The molecular formula is C9H9O3S-. The van der Waals surface area contributed by atoms with Crippen LogP contribution in [-0.2, 0) is 11.1 Å². The van der Waals surface area contributed by atoms with E-state index in [2.05, 4.69) is 0 Å². The van der Waals surface area contributed by atoms with Gasteiger partial charge < -0.3 is 9.66 Å². The van der Waals surface area contributed by atoms with Crippen molar-refractivity contribution in [3.05, 3.63) is 34.9 Å². The number of aliphatic hydroxyl groups excluding tert-OH is 1. The number of hydrogen-bond acceptors (Lipinski definition) is 3. The van der Waals surface area contributed by atoms with E-state index in [0.29, 0.717) is 0 Å². The second kappa shape index (κ2) is 3.21. The van der Waals surface area contributed by atoms with E-state index in [1.807, 2.05) is 0 Å². The third-order valence-corrected chi connectivity index (χ3v) is 2.79. The maximum Gasteiger partial charge on any atom is 0.0944 e. The molecule has 2 rings (SSSR count). The van der Waals surface area contributed by atoms with Crippen molar-refractivity contribution in [1.82, 2.24) is 0 Å². The van der Waals surface area contributed by atoms with Crippen molar-refractivity contribution in [3.8, 4) is 0 Å². The van der Waals surface area contributed by atoms with Crippen molar-refractivity contribution in [3.63, 3.8) is 0 Å². The Bertz CT molecular complexity index is 352. The van der Waals surface area contributed by atoms with Crippen LogP contribution in [0.4, 0.5) is 0 Å². The molecule has 0 amide bonds. The molecule has 0 saturated carbocycles. The van der Waals surface area contributed by atoms with E-state index in [4.69, 9.17) is 0 Å². The molecule has 4 heteroatoms. The van der Waals surface area contributed by atoms with Crippen LogP contribution >= 0.6 is 0 Å². The van der Waals surface area contributed by atoms with Crippen molar-refractivity contribution >= 4 is 11.1 Å². The Hall–Kier alpha value is -0.710. The molecule has 0 bridgehead atoms. The van der Waals surface area contributed by atoms with Crippen molar-refractivity contribution in [1.29, 1.82) is 0 Å². The minimum absolute atomic E-state index is 0.0515. The smallest absolute Gasteiger partial charge is 0.0944 e. The molecule has 0 aromatic carbocycles. The number of hydrogen-bond donors (Lipinski definition) is 1. The van der Waals surface area contributed by atoms with Gasteiger partial charge in [-0.15, -0.1) is 0 Å². The fourth-order valence-electron chi connectivity index (χ4n) is 1.50. The van der Waals surface area contributed by atoms with Gasteiger partial charge >= 0.3 is 0 Å². The lowest BCUT2D eigenvalue weighted by Gasteiger charge is -2.05. The Morgan fingerprint density at radius 2 is 2.46 bits per heavy atom. The molecule has 2 aliphatic rings. The summed E-state index contributed by atoms with van der Waals surface area (Å²) < 4.78 is 21.0. The largest absolute Gasteiger partial charge is 0.772 e. The summed E-state index contributed by atoms with van der Waals surface area (Å²) in [6.07, 6.45) is 5.38. The maximum atomic E-state index is 10.5. The van der Waals surface area contributed by atoms with E-state index < -0.39 is 17.2 Å². The number of rotatable bonds is 2. The Kier molecular flexibility index (Phi) is 2.19. The summed E-state index contributed by atoms with van der Waals surface area (Å²) >= 11 is -2.04. The maximum absolute atomic E-state index is 10.5. The van der Waals surface area contributed by atoms with Gasteiger partial charge in [-0.2, -0.15) is 0 Å². The molecule has 2 atom stereocenters. The third-order valence-electron chi connectivity index (χ3n) is 2.24. The highest BCUT2D eigenvalue weighted by Crippen LogP contribution is 2.41. The molecule has 0 saturated heterocycles. The van der Waals surface area contributed by atoms with Crippen LogP contribution in [0, 0.1) is 0 Å². The molecule has 0 aliphatic heterocycles. The molecule has 0 aromatic heterocycles.